The first-order valence-corrected chi connectivity index (χ1v) is 9.76. The van der Waals surface area contributed by atoms with E-state index in [0.29, 0.717) is 15.2 Å². The van der Waals surface area contributed by atoms with Crippen LogP contribution in [-0.2, 0) is 23.1 Å². The second-order valence-corrected chi connectivity index (χ2v) is 10.6. The average molecular weight is 388 g/mol. The molecular formula is C13H27NO6PS2+. The van der Waals surface area contributed by atoms with Crippen molar-refractivity contribution in [2.45, 2.75) is 25.5 Å². The van der Waals surface area contributed by atoms with Crippen LogP contribution < -0.4 is 0 Å². The van der Waals surface area contributed by atoms with E-state index in [-0.39, 0.29) is 19.8 Å². The molecule has 0 heterocycles. The van der Waals surface area contributed by atoms with Gasteiger partial charge in [-0.05, 0) is 20.8 Å². The molecule has 1 N–H and O–H groups in total. The molecule has 0 spiro atoms. The zero-order valence-electron chi connectivity index (χ0n) is 14.5. The first kappa shape index (κ1) is 23.0. The Balaban J connectivity index is 4.08. The van der Waals surface area contributed by atoms with E-state index in [9.17, 15) is 14.3 Å². The third-order valence-electron chi connectivity index (χ3n) is 2.48. The molecule has 23 heavy (non-hydrogen) atoms. The molecule has 0 aromatic carbocycles. The molecule has 0 radical (unpaired) electrons. The molecule has 1 unspecified atom stereocenters. The Kier molecular flexibility index (Phi) is 9.45. The third-order valence-corrected chi connectivity index (χ3v) is 4.71. The zero-order chi connectivity index (χ0) is 18.3. The van der Waals surface area contributed by atoms with E-state index in [2.05, 4.69) is 0 Å². The number of quaternary nitrogens is 1. The van der Waals surface area contributed by atoms with Gasteiger partial charge in [0.2, 0.25) is 0 Å². The fraction of sp³-hybridized carbons (Fsp3) is 0.846. The lowest BCUT2D eigenvalue weighted by Gasteiger charge is -2.24. The second-order valence-electron chi connectivity index (χ2n) is 6.39. The van der Waals surface area contributed by atoms with E-state index in [4.69, 9.17) is 26.0 Å². The number of phosphoric ester groups is 1. The van der Waals surface area contributed by atoms with Gasteiger partial charge in [0.1, 0.15) is 24.5 Å². The molecule has 1 atom stereocenters. The molecule has 0 rings (SSSR count). The number of hydrogen-bond donors (Lipinski definition) is 1. The largest absolute Gasteiger partial charge is 0.472 e. The summed E-state index contributed by atoms with van der Waals surface area (Å²) in [6, 6.07) is 0. The van der Waals surface area contributed by atoms with Crippen LogP contribution in [0.5, 0.6) is 0 Å². The fourth-order valence-electron chi connectivity index (χ4n) is 1.33. The topological polar surface area (TPSA) is 82.1 Å². The highest BCUT2D eigenvalue weighted by atomic mass is 32.2. The van der Waals surface area contributed by atoms with E-state index in [1.807, 2.05) is 21.1 Å². The minimum Gasteiger partial charge on any atom is -0.462 e. The Morgan fingerprint density at radius 2 is 1.74 bits per heavy atom. The van der Waals surface area contributed by atoms with Crippen LogP contribution in [-0.4, -0.2) is 71.8 Å². The Labute approximate surface area is 147 Å². The van der Waals surface area contributed by atoms with Crippen LogP contribution in [0.1, 0.15) is 20.8 Å². The second kappa shape index (κ2) is 9.46. The fourth-order valence-corrected chi connectivity index (χ4v) is 3.51. The lowest BCUT2D eigenvalue weighted by Crippen LogP contribution is -2.37. The van der Waals surface area contributed by atoms with Crippen LogP contribution in [0.25, 0.3) is 0 Å². The van der Waals surface area contributed by atoms with Gasteiger partial charge in [-0.15, -0.1) is 11.8 Å². The van der Waals surface area contributed by atoms with Gasteiger partial charge in [-0.25, -0.2) is 4.57 Å². The molecule has 0 saturated heterocycles. The summed E-state index contributed by atoms with van der Waals surface area (Å²) in [4.78, 5) is 21.4. The van der Waals surface area contributed by atoms with E-state index >= 15 is 0 Å². The standard InChI is InChI=1S/C13H26NO6PS2/c1-11(22)23-13(2,3)12(15)18-9-10-20-21(16,17)19-8-7-14(4,5)6/h7-10H2,1-6H3/p+1. The number of rotatable bonds is 10. The number of phosphoric acid groups is 1. The number of thioether (sulfide) groups is 1. The summed E-state index contributed by atoms with van der Waals surface area (Å²) >= 11 is 6.18. The number of hydrogen-bond acceptors (Lipinski definition) is 7. The van der Waals surface area contributed by atoms with Crippen molar-refractivity contribution < 1.29 is 32.5 Å². The van der Waals surface area contributed by atoms with Crippen LogP contribution in [0.3, 0.4) is 0 Å². The Morgan fingerprint density at radius 3 is 2.22 bits per heavy atom. The molecule has 0 aliphatic carbocycles. The van der Waals surface area contributed by atoms with E-state index in [1.165, 1.54) is 11.8 Å². The molecular weight excluding hydrogens is 361 g/mol. The van der Waals surface area contributed by atoms with Gasteiger partial charge in [-0.2, -0.15) is 0 Å². The van der Waals surface area contributed by atoms with Crippen molar-refractivity contribution in [1.29, 1.82) is 0 Å². The van der Waals surface area contributed by atoms with Crippen molar-refractivity contribution >= 4 is 42.0 Å². The number of likely N-dealkylation sites (N-methyl/N-ethyl adjacent to an activating group) is 1. The van der Waals surface area contributed by atoms with Crippen LogP contribution in [0.15, 0.2) is 0 Å². The van der Waals surface area contributed by atoms with Gasteiger partial charge in [-0.3, -0.25) is 13.8 Å². The molecule has 0 bridgehead atoms. The minimum absolute atomic E-state index is 0.0919. The van der Waals surface area contributed by atoms with Gasteiger partial charge < -0.3 is 14.1 Å². The molecule has 136 valence electrons. The average Bonchev–Trinajstić information content (AvgIpc) is 2.30. The van der Waals surface area contributed by atoms with E-state index in [1.54, 1.807) is 20.8 Å². The number of carbonyl (C=O) groups is 1. The Bertz CT molecular complexity index is 464. The quantitative estimate of drug-likeness (QED) is 0.201. The first-order valence-electron chi connectivity index (χ1n) is 7.04. The predicted octanol–water partition coefficient (Wildman–Crippen LogP) is 2.23. The molecule has 0 aromatic heterocycles. The first-order chi connectivity index (χ1) is 10.3. The summed E-state index contributed by atoms with van der Waals surface area (Å²) < 4.78 is 26.7. The number of thiocarbonyl (C=S) groups is 1. The molecule has 0 aliphatic heterocycles. The molecule has 0 fully saturated rings. The van der Waals surface area contributed by atoms with Gasteiger partial charge in [0, 0.05) is 4.20 Å². The van der Waals surface area contributed by atoms with Crippen molar-refractivity contribution in [2.75, 3.05) is 47.5 Å². The number of carbonyl (C=O) groups excluding carboxylic acids is 1. The van der Waals surface area contributed by atoms with Crippen molar-refractivity contribution in [2.24, 2.45) is 0 Å². The lowest BCUT2D eigenvalue weighted by molar-refractivity contribution is -0.870. The SMILES string of the molecule is CC(=S)SC(C)(C)C(=O)OCCOP(=O)(O)OCC[N+](C)(C)C. The highest BCUT2D eigenvalue weighted by Crippen LogP contribution is 2.42. The molecule has 7 nitrogen and oxygen atoms in total. The smallest absolute Gasteiger partial charge is 0.462 e. The monoisotopic (exact) mass is 388 g/mol. The van der Waals surface area contributed by atoms with Gasteiger partial charge in [0.25, 0.3) is 0 Å². The van der Waals surface area contributed by atoms with Crippen molar-refractivity contribution in [1.82, 2.24) is 0 Å². The van der Waals surface area contributed by atoms with Gasteiger partial charge in [0.05, 0.1) is 27.7 Å². The minimum atomic E-state index is -4.13. The van der Waals surface area contributed by atoms with Crippen LogP contribution in [0.2, 0.25) is 0 Å². The van der Waals surface area contributed by atoms with Gasteiger partial charge in [-0.1, -0.05) is 12.2 Å². The molecule has 0 amide bonds. The van der Waals surface area contributed by atoms with E-state index in [0.717, 1.165) is 0 Å². The predicted molar refractivity (Wildman–Crippen MR) is 95.5 cm³/mol. The summed E-state index contributed by atoms with van der Waals surface area (Å²) in [6.45, 7) is 5.42. The number of nitrogens with zero attached hydrogens (tertiary/aromatic N) is 1. The van der Waals surface area contributed by atoms with Gasteiger partial charge >= 0.3 is 13.8 Å². The van der Waals surface area contributed by atoms with Crippen LogP contribution >= 0.6 is 31.8 Å². The zero-order valence-corrected chi connectivity index (χ0v) is 17.1. The maximum atomic E-state index is 11.9. The Morgan fingerprint density at radius 1 is 1.22 bits per heavy atom. The van der Waals surface area contributed by atoms with Crippen molar-refractivity contribution in [3.63, 3.8) is 0 Å². The highest BCUT2D eigenvalue weighted by Gasteiger charge is 2.31. The Hall–Kier alpha value is -0.0200. The molecule has 0 aliphatic rings. The molecule has 0 aromatic rings. The van der Waals surface area contributed by atoms with Crippen molar-refractivity contribution in [3.8, 4) is 0 Å². The summed E-state index contributed by atoms with van der Waals surface area (Å²) in [6.07, 6.45) is 0. The normalized spacial score (nSPS) is 15.1. The van der Waals surface area contributed by atoms with E-state index < -0.39 is 18.5 Å². The van der Waals surface area contributed by atoms with Crippen molar-refractivity contribution in [3.05, 3.63) is 0 Å². The maximum absolute atomic E-state index is 11.9. The lowest BCUT2D eigenvalue weighted by atomic mass is 10.2. The summed E-state index contributed by atoms with van der Waals surface area (Å²) in [7, 11) is 1.69. The highest BCUT2D eigenvalue weighted by molar-refractivity contribution is 8.24. The molecule has 0 saturated carbocycles. The summed E-state index contributed by atoms with van der Waals surface area (Å²) in [5.41, 5.74) is 0. The molecule has 10 heteroatoms. The van der Waals surface area contributed by atoms with Crippen LogP contribution in [0.4, 0.5) is 0 Å². The maximum Gasteiger partial charge on any atom is 0.472 e. The number of ether oxygens (including phenoxy) is 1. The number of esters is 1. The van der Waals surface area contributed by atoms with Crippen LogP contribution in [0, 0.1) is 0 Å². The summed E-state index contributed by atoms with van der Waals surface area (Å²) in [5, 5.41) is 0. The third kappa shape index (κ3) is 12.1. The van der Waals surface area contributed by atoms with Gasteiger partial charge in [0.15, 0.2) is 0 Å². The summed E-state index contributed by atoms with van der Waals surface area (Å²) in [5.74, 6) is -0.464.